The molecule has 2 aromatic carbocycles. The lowest BCUT2D eigenvalue weighted by Crippen LogP contribution is -2.29. The molecule has 8 nitrogen and oxygen atoms in total. The van der Waals surface area contributed by atoms with Crippen LogP contribution in [0, 0.1) is 13.8 Å². The van der Waals surface area contributed by atoms with E-state index in [0.717, 1.165) is 11.1 Å². The van der Waals surface area contributed by atoms with Gasteiger partial charge in [-0.3, -0.25) is 14.5 Å². The number of methoxy groups -OCH3 is 3. The van der Waals surface area contributed by atoms with Crippen LogP contribution in [-0.4, -0.2) is 43.1 Å². The number of nitrogens with zero attached hydrogens (tertiary/aromatic N) is 2. The average molecular weight is 481 g/mol. The van der Waals surface area contributed by atoms with E-state index in [-0.39, 0.29) is 11.3 Å². The Morgan fingerprint density at radius 2 is 1.71 bits per heavy atom. The number of aliphatic hydroxyl groups excluding tert-OH is 1. The second-order valence-corrected chi connectivity index (χ2v) is 8.63. The van der Waals surface area contributed by atoms with E-state index < -0.39 is 17.7 Å². The Bertz CT molecular complexity index is 1270. The van der Waals surface area contributed by atoms with Crippen LogP contribution in [0.1, 0.15) is 28.3 Å². The van der Waals surface area contributed by atoms with Crippen LogP contribution in [0.15, 0.2) is 47.5 Å². The van der Waals surface area contributed by atoms with E-state index in [2.05, 4.69) is 4.98 Å². The molecular formula is C25H24N2O6S. The van der Waals surface area contributed by atoms with E-state index in [1.54, 1.807) is 29.8 Å². The summed E-state index contributed by atoms with van der Waals surface area (Å²) < 4.78 is 16.4. The second-order valence-electron chi connectivity index (χ2n) is 7.76. The molecule has 9 heteroatoms. The number of ketones is 1. The molecule has 1 N–H and O–H groups in total. The lowest BCUT2D eigenvalue weighted by molar-refractivity contribution is -0.132. The maximum atomic E-state index is 13.3. The van der Waals surface area contributed by atoms with Gasteiger partial charge in [0.15, 0.2) is 16.6 Å². The molecule has 0 spiro atoms. The van der Waals surface area contributed by atoms with Gasteiger partial charge in [0.25, 0.3) is 5.78 Å². The Labute approximate surface area is 201 Å². The van der Waals surface area contributed by atoms with E-state index in [4.69, 9.17) is 14.2 Å². The van der Waals surface area contributed by atoms with Gasteiger partial charge in [-0.25, -0.2) is 4.98 Å². The Balaban J connectivity index is 2.03. The molecule has 1 fully saturated rings. The number of amides is 1. The average Bonchev–Trinajstić information content (AvgIpc) is 3.45. The first kappa shape index (κ1) is 23.3. The minimum atomic E-state index is -0.959. The minimum Gasteiger partial charge on any atom is -0.507 e. The van der Waals surface area contributed by atoms with Crippen LogP contribution in [-0.2, 0) is 9.59 Å². The predicted molar refractivity (Wildman–Crippen MR) is 129 cm³/mol. The van der Waals surface area contributed by atoms with Gasteiger partial charge in [0.05, 0.1) is 32.9 Å². The van der Waals surface area contributed by atoms with Crippen LogP contribution in [0.4, 0.5) is 5.13 Å². The van der Waals surface area contributed by atoms with Crippen molar-refractivity contribution in [2.75, 3.05) is 26.2 Å². The highest BCUT2D eigenvalue weighted by atomic mass is 32.1. The van der Waals surface area contributed by atoms with Crippen molar-refractivity contribution in [3.8, 4) is 17.2 Å². The zero-order valence-electron chi connectivity index (χ0n) is 19.4. The standard InChI is InChI=1S/C25H24N2O6S/c1-13-6-7-14(2)16(10-13)21(28)19-20(27(24(30)22(19)29)25-26-8-9-34-25)15-11-17(31-3)23(33-5)18(12-15)32-4/h6-12,20,28H,1-5H3/b21-19-. The molecule has 0 saturated carbocycles. The van der Waals surface area contributed by atoms with E-state index >= 15 is 0 Å². The van der Waals surface area contributed by atoms with Gasteiger partial charge < -0.3 is 19.3 Å². The van der Waals surface area contributed by atoms with Crippen molar-refractivity contribution in [1.82, 2.24) is 4.98 Å². The van der Waals surface area contributed by atoms with E-state index in [1.807, 2.05) is 26.0 Å². The Morgan fingerprint density at radius 1 is 1.03 bits per heavy atom. The molecule has 4 rings (SSSR count). The molecule has 1 saturated heterocycles. The van der Waals surface area contributed by atoms with Crippen LogP contribution in [0.5, 0.6) is 17.2 Å². The fourth-order valence-electron chi connectivity index (χ4n) is 4.08. The highest BCUT2D eigenvalue weighted by Crippen LogP contribution is 2.47. The summed E-state index contributed by atoms with van der Waals surface area (Å²) in [7, 11) is 4.45. The number of benzene rings is 2. The maximum Gasteiger partial charge on any atom is 0.301 e. The molecule has 176 valence electrons. The number of carbonyl (C=O) groups is 2. The number of hydrogen-bond acceptors (Lipinski definition) is 8. The molecule has 34 heavy (non-hydrogen) atoms. The van der Waals surface area contributed by atoms with Crippen LogP contribution in [0.2, 0.25) is 0 Å². The summed E-state index contributed by atoms with van der Waals surface area (Å²) in [6, 6.07) is 7.92. The van der Waals surface area contributed by atoms with E-state index in [9.17, 15) is 14.7 Å². The van der Waals surface area contributed by atoms with Gasteiger partial charge >= 0.3 is 5.91 Å². The summed E-state index contributed by atoms with van der Waals surface area (Å²) in [4.78, 5) is 32.1. The molecule has 1 aromatic heterocycles. The van der Waals surface area contributed by atoms with Gasteiger partial charge in [-0.05, 0) is 43.2 Å². The molecule has 0 aliphatic carbocycles. The first-order chi connectivity index (χ1) is 16.3. The fraction of sp³-hybridized carbons (Fsp3) is 0.240. The molecule has 0 bridgehead atoms. The van der Waals surface area contributed by atoms with Gasteiger partial charge in [0.1, 0.15) is 5.76 Å². The third kappa shape index (κ3) is 3.77. The zero-order chi connectivity index (χ0) is 24.6. The number of aliphatic hydroxyl groups is 1. The third-order valence-corrected chi connectivity index (χ3v) is 6.49. The molecule has 1 atom stereocenters. The van der Waals surface area contributed by atoms with E-state index in [0.29, 0.717) is 33.5 Å². The summed E-state index contributed by atoms with van der Waals surface area (Å²) >= 11 is 1.22. The largest absolute Gasteiger partial charge is 0.507 e. The summed E-state index contributed by atoms with van der Waals surface area (Å²) in [5.74, 6) is -0.749. The quantitative estimate of drug-likeness (QED) is 0.317. The first-order valence-corrected chi connectivity index (χ1v) is 11.3. The van der Waals surface area contributed by atoms with Crippen molar-refractivity contribution in [1.29, 1.82) is 0 Å². The third-order valence-electron chi connectivity index (χ3n) is 5.72. The van der Waals surface area contributed by atoms with Gasteiger partial charge in [-0.15, -0.1) is 11.3 Å². The van der Waals surface area contributed by atoms with Crippen molar-refractivity contribution < 1.29 is 28.9 Å². The van der Waals surface area contributed by atoms with Crippen LogP contribution < -0.4 is 19.1 Å². The van der Waals surface area contributed by atoms with Gasteiger partial charge in [0.2, 0.25) is 5.75 Å². The van der Waals surface area contributed by atoms with Crippen molar-refractivity contribution in [3.63, 3.8) is 0 Å². The molecular weight excluding hydrogens is 456 g/mol. The molecule has 1 aliphatic rings. The summed E-state index contributed by atoms with van der Waals surface area (Å²) in [5, 5.41) is 13.4. The molecule has 2 heterocycles. The molecule has 0 radical (unpaired) electrons. The topological polar surface area (TPSA) is 98.2 Å². The maximum absolute atomic E-state index is 13.3. The van der Waals surface area contributed by atoms with Crippen molar-refractivity contribution >= 4 is 33.9 Å². The highest BCUT2D eigenvalue weighted by molar-refractivity contribution is 7.14. The SMILES string of the molecule is COc1cc(C2/C(=C(/O)c3cc(C)ccc3C)C(=O)C(=O)N2c2nccs2)cc(OC)c1OC. The van der Waals surface area contributed by atoms with Crippen LogP contribution >= 0.6 is 11.3 Å². The van der Waals surface area contributed by atoms with Crippen molar-refractivity contribution in [3.05, 3.63) is 69.7 Å². The number of rotatable bonds is 6. The predicted octanol–water partition coefficient (Wildman–Crippen LogP) is 4.41. The number of carbonyl (C=O) groups excluding carboxylic acids is 2. The number of thiazole rings is 1. The number of Topliss-reactive ketones (excluding diaryl/α,β-unsaturated/α-hetero) is 1. The van der Waals surface area contributed by atoms with E-state index in [1.165, 1.54) is 37.6 Å². The summed E-state index contributed by atoms with van der Waals surface area (Å²) in [6.45, 7) is 3.72. The number of anilines is 1. The van der Waals surface area contributed by atoms with Crippen LogP contribution in [0.3, 0.4) is 0 Å². The first-order valence-electron chi connectivity index (χ1n) is 10.4. The normalized spacial score (nSPS) is 17.2. The molecule has 1 aliphatic heterocycles. The van der Waals surface area contributed by atoms with Crippen molar-refractivity contribution in [2.24, 2.45) is 0 Å². The number of hydrogen-bond donors (Lipinski definition) is 1. The second kappa shape index (κ2) is 9.18. The lowest BCUT2D eigenvalue weighted by Gasteiger charge is -2.24. The monoisotopic (exact) mass is 480 g/mol. The Kier molecular flexibility index (Phi) is 6.30. The molecule has 1 amide bonds. The molecule has 3 aromatic rings. The summed E-state index contributed by atoms with van der Waals surface area (Å²) in [5.41, 5.74) is 2.62. The molecule has 1 unspecified atom stereocenters. The fourth-order valence-corrected chi connectivity index (χ4v) is 4.74. The van der Waals surface area contributed by atoms with Gasteiger partial charge in [-0.2, -0.15) is 0 Å². The Hall–Kier alpha value is -3.85. The van der Waals surface area contributed by atoms with Gasteiger partial charge in [0, 0.05) is 17.1 Å². The highest BCUT2D eigenvalue weighted by Gasteiger charge is 2.48. The lowest BCUT2D eigenvalue weighted by atomic mass is 9.93. The number of ether oxygens (including phenoxy) is 3. The van der Waals surface area contributed by atoms with Crippen molar-refractivity contribution in [2.45, 2.75) is 19.9 Å². The zero-order valence-corrected chi connectivity index (χ0v) is 20.2. The smallest absolute Gasteiger partial charge is 0.301 e. The number of aromatic nitrogens is 1. The number of aryl methyl sites for hydroxylation is 2. The van der Waals surface area contributed by atoms with Gasteiger partial charge in [-0.1, -0.05) is 17.7 Å². The van der Waals surface area contributed by atoms with Crippen LogP contribution in [0.25, 0.3) is 5.76 Å². The minimum absolute atomic E-state index is 0.0387. The Morgan fingerprint density at radius 3 is 2.26 bits per heavy atom. The summed E-state index contributed by atoms with van der Waals surface area (Å²) in [6.07, 6.45) is 1.55.